The van der Waals surface area contributed by atoms with Crippen molar-refractivity contribution in [2.75, 3.05) is 13.7 Å². The van der Waals surface area contributed by atoms with E-state index in [0.29, 0.717) is 24.8 Å². The summed E-state index contributed by atoms with van der Waals surface area (Å²) in [6, 6.07) is 15.9. The van der Waals surface area contributed by atoms with Gasteiger partial charge in [0, 0.05) is 20.1 Å². The third-order valence-corrected chi connectivity index (χ3v) is 3.54. The molecular formula is C19H24N4O2. The van der Waals surface area contributed by atoms with Crippen LogP contribution in [-0.4, -0.2) is 25.5 Å². The number of carbonyl (C=O) groups is 1. The van der Waals surface area contributed by atoms with Gasteiger partial charge in [0.05, 0.1) is 0 Å². The molecular weight excluding hydrogens is 316 g/mol. The number of aryl methyl sites for hydroxylation is 1. The molecule has 0 aromatic heterocycles. The topological polar surface area (TPSA) is 88.7 Å². The summed E-state index contributed by atoms with van der Waals surface area (Å²) in [6.45, 7) is 3.22. The Hall–Kier alpha value is -3.02. The zero-order valence-electron chi connectivity index (χ0n) is 14.6. The van der Waals surface area contributed by atoms with Crippen molar-refractivity contribution in [2.45, 2.75) is 20.0 Å². The number of aliphatic imine (C=N–C) groups is 1. The SMILES string of the molecule is CN=C(NCc1ccc(C)cc1)NCc1cccc(OCC(N)=O)c1. The van der Waals surface area contributed by atoms with Crippen molar-refractivity contribution in [3.05, 3.63) is 65.2 Å². The van der Waals surface area contributed by atoms with Crippen LogP contribution in [0.2, 0.25) is 0 Å². The molecule has 2 rings (SSSR count). The molecule has 0 aliphatic rings. The van der Waals surface area contributed by atoms with Crippen molar-refractivity contribution in [2.24, 2.45) is 10.7 Å². The van der Waals surface area contributed by atoms with E-state index >= 15 is 0 Å². The van der Waals surface area contributed by atoms with Gasteiger partial charge in [-0.1, -0.05) is 42.0 Å². The Bertz CT molecular complexity index is 726. The Kier molecular flexibility index (Phi) is 6.83. The van der Waals surface area contributed by atoms with Crippen LogP contribution in [0.25, 0.3) is 0 Å². The second kappa shape index (κ2) is 9.32. The fourth-order valence-electron chi connectivity index (χ4n) is 2.20. The lowest BCUT2D eigenvalue weighted by Crippen LogP contribution is -2.36. The molecule has 0 spiro atoms. The lowest BCUT2D eigenvalue weighted by atomic mass is 10.1. The van der Waals surface area contributed by atoms with E-state index < -0.39 is 5.91 Å². The van der Waals surface area contributed by atoms with E-state index in [4.69, 9.17) is 10.5 Å². The Labute approximate surface area is 148 Å². The molecule has 0 atom stereocenters. The number of amides is 1. The highest BCUT2D eigenvalue weighted by Gasteiger charge is 2.02. The number of nitrogens with zero attached hydrogens (tertiary/aromatic N) is 1. The Morgan fingerprint density at radius 2 is 1.76 bits per heavy atom. The van der Waals surface area contributed by atoms with Gasteiger partial charge in [-0.05, 0) is 30.2 Å². The van der Waals surface area contributed by atoms with E-state index in [1.54, 1.807) is 13.1 Å². The van der Waals surface area contributed by atoms with Crippen molar-refractivity contribution < 1.29 is 9.53 Å². The molecule has 0 aliphatic carbocycles. The van der Waals surface area contributed by atoms with Crippen LogP contribution in [0.3, 0.4) is 0 Å². The van der Waals surface area contributed by atoms with Gasteiger partial charge in [0.25, 0.3) is 5.91 Å². The monoisotopic (exact) mass is 340 g/mol. The Morgan fingerprint density at radius 3 is 2.40 bits per heavy atom. The molecule has 1 amide bonds. The Balaban J connectivity index is 1.84. The third-order valence-electron chi connectivity index (χ3n) is 3.54. The van der Waals surface area contributed by atoms with Gasteiger partial charge in [-0.15, -0.1) is 0 Å². The number of guanidine groups is 1. The molecule has 2 aromatic carbocycles. The van der Waals surface area contributed by atoms with Crippen molar-refractivity contribution in [1.29, 1.82) is 0 Å². The maximum atomic E-state index is 10.8. The first-order valence-corrected chi connectivity index (χ1v) is 8.07. The minimum absolute atomic E-state index is 0.128. The zero-order chi connectivity index (χ0) is 18.1. The van der Waals surface area contributed by atoms with Gasteiger partial charge in [0.1, 0.15) is 5.75 Å². The van der Waals surface area contributed by atoms with E-state index in [1.165, 1.54) is 11.1 Å². The number of nitrogens with two attached hydrogens (primary N) is 1. The van der Waals surface area contributed by atoms with Gasteiger partial charge in [-0.3, -0.25) is 9.79 Å². The highest BCUT2D eigenvalue weighted by molar-refractivity contribution is 5.79. The van der Waals surface area contributed by atoms with Gasteiger partial charge in [-0.25, -0.2) is 0 Å². The van der Waals surface area contributed by atoms with Crippen LogP contribution in [0.15, 0.2) is 53.5 Å². The van der Waals surface area contributed by atoms with Gasteiger partial charge in [0.15, 0.2) is 12.6 Å². The second-order valence-electron chi connectivity index (χ2n) is 5.67. The summed E-state index contributed by atoms with van der Waals surface area (Å²) >= 11 is 0. The number of ether oxygens (including phenoxy) is 1. The molecule has 0 unspecified atom stereocenters. The van der Waals surface area contributed by atoms with E-state index in [0.717, 1.165) is 5.56 Å². The first kappa shape index (κ1) is 18.3. The Morgan fingerprint density at radius 1 is 1.08 bits per heavy atom. The second-order valence-corrected chi connectivity index (χ2v) is 5.67. The normalized spacial score (nSPS) is 11.0. The summed E-state index contributed by atoms with van der Waals surface area (Å²) in [4.78, 5) is 15.0. The smallest absolute Gasteiger partial charge is 0.255 e. The van der Waals surface area contributed by atoms with Crippen LogP contribution in [0.4, 0.5) is 0 Å². The number of rotatable bonds is 7. The number of primary amides is 1. The maximum absolute atomic E-state index is 10.8. The van der Waals surface area contributed by atoms with Crippen molar-refractivity contribution >= 4 is 11.9 Å². The van der Waals surface area contributed by atoms with Crippen molar-refractivity contribution in [1.82, 2.24) is 10.6 Å². The van der Waals surface area contributed by atoms with Gasteiger partial charge in [0.2, 0.25) is 0 Å². The minimum Gasteiger partial charge on any atom is -0.484 e. The highest BCUT2D eigenvalue weighted by Crippen LogP contribution is 2.13. The number of carbonyl (C=O) groups excluding carboxylic acids is 1. The average molecular weight is 340 g/mol. The molecule has 4 N–H and O–H groups in total. The number of hydrogen-bond donors (Lipinski definition) is 3. The molecule has 0 bridgehead atoms. The third kappa shape index (κ3) is 6.55. The molecule has 2 aromatic rings. The number of benzene rings is 2. The first-order chi connectivity index (χ1) is 12.1. The van der Waals surface area contributed by atoms with Crippen LogP contribution in [0, 0.1) is 6.92 Å². The summed E-state index contributed by atoms with van der Waals surface area (Å²) in [5, 5.41) is 6.53. The molecule has 0 heterocycles. The molecule has 6 nitrogen and oxygen atoms in total. The summed E-state index contributed by atoms with van der Waals surface area (Å²) < 4.78 is 5.31. The number of hydrogen-bond acceptors (Lipinski definition) is 3. The minimum atomic E-state index is -0.496. The molecule has 25 heavy (non-hydrogen) atoms. The highest BCUT2D eigenvalue weighted by atomic mass is 16.5. The van der Waals surface area contributed by atoms with Crippen LogP contribution < -0.4 is 21.1 Å². The maximum Gasteiger partial charge on any atom is 0.255 e. The van der Waals surface area contributed by atoms with Crippen molar-refractivity contribution in [3.8, 4) is 5.75 Å². The molecule has 6 heteroatoms. The molecule has 0 aliphatic heterocycles. The quantitative estimate of drug-likeness (QED) is 0.529. The summed E-state index contributed by atoms with van der Waals surface area (Å²) in [7, 11) is 1.73. The molecule has 0 saturated heterocycles. The zero-order valence-corrected chi connectivity index (χ0v) is 14.6. The average Bonchev–Trinajstić information content (AvgIpc) is 2.62. The first-order valence-electron chi connectivity index (χ1n) is 8.07. The van der Waals surface area contributed by atoms with Crippen molar-refractivity contribution in [3.63, 3.8) is 0 Å². The predicted octanol–water partition coefficient (Wildman–Crippen LogP) is 1.72. The van der Waals surface area contributed by atoms with Gasteiger partial charge >= 0.3 is 0 Å². The predicted molar refractivity (Wildman–Crippen MR) is 99.3 cm³/mol. The van der Waals surface area contributed by atoms with Crippen LogP contribution in [0.5, 0.6) is 5.75 Å². The summed E-state index contributed by atoms with van der Waals surface area (Å²) in [5.74, 6) is 0.828. The lowest BCUT2D eigenvalue weighted by Gasteiger charge is -2.13. The largest absolute Gasteiger partial charge is 0.484 e. The molecule has 0 fully saturated rings. The summed E-state index contributed by atoms with van der Waals surface area (Å²) in [6.07, 6.45) is 0. The van der Waals surface area contributed by atoms with Gasteiger partial charge < -0.3 is 21.1 Å². The fraction of sp³-hybridized carbons (Fsp3) is 0.263. The summed E-state index contributed by atoms with van der Waals surface area (Å²) in [5.41, 5.74) is 8.53. The standard InChI is InChI=1S/C19H24N4O2/c1-14-6-8-15(9-7-14)11-22-19(21-2)23-12-16-4-3-5-17(10-16)25-13-18(20)24/h3-10H,11-13H2,1-2H3,(H2,20,24)(H2,21,22,23). The van der Waals surface area contributed by atoms with Crippen LogP contribution >= 0.6 is 0 Å². The van der Waals surface area contributed by atoms with E-state index in [2.05, 4.69) is 46.8 Å². The lowest BCUT2D eigenvalue weighted by molar-refractivity contribution is -0.119. The number of nitrogens with one attached hydrogen (secondary N) is 2. The molecule has 0 radical (unpaired) electrons. The van der Waals surface area contributed by atoms with E-state index in [-0.39, 0.29) is 6.61 Å². The fourth-order valence-corrected chi connectivity index (χ4v) is 2.20. The molecule has 0 saturated carbocycles. The van der Waals surface area contributed by atoms with Crippen LogP contribution in [0.1, 0.15) is 16.7 Å². The van der Waals surface area contributed by atoms with Gasteiger partial charge in [-0.2, -0.15) is 0 Å². The van der Waals surface area contributed by atoms with Crippen LogP contribution in [-0.2, 0) is 17.9 Å². The van der Waals surface area contributed by atoms with E-state index in [1.807, 2.05) is 18.2 Å². The van der Waals surface area contributed by atoms with E-state index in [9.17, 15) is 4.79 Å². The molecule has 132 valence electrons.